The molecule has 21 heavy (non-hydrogen) atoms. The summed E-state index contributed by atoms with van der Waals surface area (Å²) in [6.07, 6.45) is 0. The Labute approximate surface area is 126 Å². The summed E-state index contributed by atoms with van der Waals surface area (Å²) < 4.78 is 23.4. The Morgan fingerprint density at radius 3 is 2.76 bits per heavy atom. The molecule has 0 aliphatic carbocycles. The Morgan fingerprint density at radius 2 is 2.05 bits per heavy atom. The number of rotatable bonds is 4. The van der Waals surface area contributed by atoms with Crippen molar-refractivity contribution < 1.29 is 18.7 Å². The Kier molecular flexibility index (Phi) is 4.65. The Balaban J connectivity index is 2.24. The van der Waals surface area contributed by atoms with Gasteiger partial charge in [-0.2, -0.15) is 0 Å². The number of nitrogens with two attached hydrogens (primary N) is 1. The predicted octanol–water partition coefficient (Wildman–Crippen LogP) is 3.43. The molecule has 2 N–H and O–H groups in total. The maximum atomic E-state index is 13.2. The highest BCUT2D eigenvalue weighted by molar-refractivity contribution is 6.31. The van der Waals surface area contributed by atoms with Crippen LogP contribution in [0.4, 0.5) is 10.1 Å². The quantitative estimate of drug-likeness (QED) is 0.694. The summed E-state index contributed by atoms with van der Waals surface area (Å²) in [6, 6.07) is 8.57. The van der Waals surface area contributed by atoms with Gasteiger partial charge in [0.2, 0.25) is 0 Å². The van der Waals surface area contributed by atoms with E-state index >= 15 is 0 Å². The minimum atomic E-state index is -0.567. The van der Waals surface area contributed by atoms with Crippen molar-refractivity contribution >= 4 is 23.3 Å². The molecule has 2 rings (SSSR count). The van der Waals surface area contributed by atoms with Crippen molar-refractivity contribution in [2.75, 3.05) is 12.8 Å². The van der Waals surface area contributed by atoms with Gasteiger partial charge in [-0.1, -0.05) is 11.6 Å². The van der Waals surface area contributed by atoms with E-state index in [9.17, 15) is 9.18 Å². The van der Waals surface area contributed by atoms with Crippen LogP contribution in [0.5, 0.6) is 5.75 Å². The maximum absolute atomic E-state index is 13.2. The molecule has 4 nitrogen and oxygen atoms in total. The molecule has 0 atom stereocenters. The molecular formula is C15H13ClFNO3. The number of anilines is 1. The highest BCUT2D eigenvalue weighted by Gasteiger charge is 2.14. The first kappa shape index (κ1) is 15.1. The van der Waals surface area contributed by atoms with E-state index in [0.29, 0.717) is 16.3 Å². The smallest absolute Gasteiger partial charge is 0.341 e. The number of carbonyl (C=O) groups excluding carboxylic acids is 1. The van der Waals surface area contributed by atoms with Gasteiger partial charge in [-0.05, 0) is 36.4 Å². The second-order valence-electron chi connectivity index (χ2n) is 4.27. The van der Waals surface area contributed by atoms with Gasteiger partial charge in [-0.25, -0.2) is 9.18 Å². The standard InChI is InChI=1S/C15H13ClFNO3/c1-20-15(19)12-7-11(18)3-5-14(12)21-8-9-6-10(17)2-4-13(9)16/h2-7H,8,18H2,1H3. The summed E-state index contributed by atoms with van der Waals surface area (Å²) in [4.78, 5) is 11.7. The first-order chi connectivity index (χ1) is 10.0. The molecule has 0 saturated carbocycles. The fraction of sp³-hybridized carbons (Fsp3) is 0.133. The van der Waals surface area contributed by atoms with Crippen molar-refractivity contribution in [2.45, 2.75) is 6.61 Å². The number of nitrogen functional groups attached to an aromatic ring is 1. The van der Waals surface area contributed by atoms with E-state index in [1.165, 1.54) is 31.4 Å². The van der Waals surface area contributed by atoms with Crippen LogP contribution in [0.3, 0.4) is 0 Å². The Hall–Kier alpha value is -2.27. The largest absolute Gasteiger partial charge is 0.488 e. The van der Waals surface area contributed by atoms with Gasteiger partial charge >= 0.3 is 5.97 Å². The van der Waals surface area contributed by atoms with Crippen LogP contribution in [-0.4, -0.2) is 13.1 Å². The number of carbonyl (C=O) groups is 1. The molecule has 0 heterocycles. The zero-order chi connectivity index (χ0) is 15.4. The third kappa shape index (κ3) is 3.64. The number of halogens is 2. The molecular weight excluding hydrogens is 297 g/mol. The lowest BCUT2D eigenvalue weighted by Crippen LogP contribution is -2.07. The summed E-state index contributed by atoms with van der Waals surface area (Å²) in [5.41, 5.74) is 6.72. The molecule has 0 saturated heterocycles. The molecule has 0 fully saturated rings. The molecule has 0 aliphatic heterocycles. The fourth-order valence-corrected chi connectivity index (χ4v) is 1.92. The number of hydrogen-bond donors (Lipinski definition) is 1. The van der Waals surface area contributed by atoms with Gasteiger partial charge in [0.1, 0.15) is 23.7 Å². The van der Waals surface area contributed by atoms with Crippen LogP contribution in [0.1, 0.15) is 15.9 Å². The van der Waals surface area contributed by atoms with Gasteiger partial charge in [0.25, 0.3) is 0 Å². The summed E-state index contributed by atoms with van der Waals surface area (Å²) in [6.45, 7) is 0.0184. The number of esters is 1. The SMILES string of the molecule is COC(=O)c1cc(N)ccc1OCc1cc(F)ccc1Cl. The van der Waals surface area contributed by atoms with Gasteiger partial charge in [0.15, 0.2) is 0 Å². The van der Waals surface area contributed by atoms with E-state index in [0.717, 1.165) is 0 Å². The van der Waals surface area contributed by atoms with Crippen LogP contribution < -0.4 is 10.5 Å². The Morgan fingerprint density at radius 1 is 1.29 bits per heavy atom. The number of hydrogen-bond acceptors (Lipinski definition) is 4. The molecule has 0 bridgehead atoms. The lowest BCUT2D eigenvalue weighted by Gasteiger charge is -2.12. The zero-order valence-electron chi connectivity index (χ0n) is 11.2. The normalized spacial score (nSPS) is 10.2. The van der Waals surface area contributed by atoms with Crippen molar-refractivity contribution in [2.24, 2.45) is 0 Å². The van der Waals surface area contributed by atoms with E-state index in [2.05, 4.69) is 4.74 Å². The monoisotopic (exact) mass is 309 g/mol. The summed E-state index contributed by atoms with van der Waals surface area (Å²) in [5.74, 6) is -0.692. The van der Waals surface area contributed by atoms with Crippen LogP contribution in [0, 0.1) is 5.82 Å². The topological polar surface area (TPSA) is 61.5 Å². The van der Waals surface area contributed by atoms with E-state index in [1.54, 1.807) is 12.1 Å². The molecule has 0 spiro atoms. The number of methoxy groups -OCH3 is 1. The van der Waals surface area contributed by atoms with Crippen LogP contribution >= 0.6 is 11.6 Å². The third-order valence-electron chi connectivity index (χ3n) is 2.80. The highest BCUT2D eigenvalue weighted by atomic mass is 35.5. The lowest BCUT2D eigenvalue weighted by molar-refractivity contribution is 0.0595. The average molecular weight is 310 g/mol. The molecule has 0 aliphatic rings. The van der Waals surface area contributed by atoms with Crippen LogP contribution in [0.25, 0.3) is 0 Å². The van der Waals surface area contributed by atoms with Gasteiger partial charge in [-0.15, -0.1) is 0 Å². The Bertz CT molecular complexity index is 676. The lowest BCUT2D eigenvalue weighted by atomic mass is 10.1. The minimum Gasteiger partial charge on any atom is -0.488 e. The maximum Gasteiger partial charge on any atom is 0.341 e. The van der Waals surface area contributed by atoms with E-state index in [-0.39, 0.29) is 17.9 Å². The number of benzene rings is 2. The van der Waals surface area contributed by atoms with Gasteiger partial charge < -0.3 is 15.2 Å². The highest BCUT2D eigenvalue weighted by Crippen LogP contribution is 2.25. The van der Waals surface area contributed by atoms with Gasteiger partial charge in [0, 0.05) is 16.3 Å². The van der Waals surface area contributed by atoms with Crippen molar-refractivity contribution in [1.82, 2.24) is 0 Å². The second kappa shape index (κ2) is 6.45. The van der Waals surface area contributed by atoms with Gasteiger partial charge in [-0.3, -0.25) is 0 Å². The predicted molar refractivity (Wildman–Crippen MR) is 77.9 cm³/mol. The van der Waals surface area contributed by atoms with E-state index in [4.69, 9.17) is 22.1 Å². The van der Waals surface area contributed by atoms with Crippen LogP contribution in [-0.2, 0) is 11.3 Å². The molecule has 2 aromatic carbocycles. The van der Waals surface area contributed by atoms with Crippen LogP contribution in [0.2, 0.25) is 5.02 Å². The minimum absolute atomic E-state index is 0.0184. The molecule has 0 aromatic heterocycles. The molecule has 110 valence electrons. The van der Waals surface area contributed by atoms with Crippen molar-refractivity contribution in [1.29, 1.82) is 0 Å². The molecule has 0 unspecified atom stereocenters. The van der Waals surface area contributed by atoms with Crippen molar-refractivity contribution in [3.8, 4) is 5.75 Å². The molecule has 0 radical (unpaired) electrons. The number of ether oxygens (including phenoxy) is 2. The zero-order valence-corrected chi connectivity index (χ0v) is 12.0. The third-order valence-corrected chi connectivity index (χ3v) is 3.17. The van der Waals surface area contributed by atoms with E-state index in [1.807, 2.05) is 0 Å². The summed E-state index contributed by atoms with van der Waals surface area (Å²) >= 11 is 5.96. The van der Waals surface area contributed by atoms with Crippen molar-refractivity contribution in [3.63, 3.8) is 0 Å². The summed E-state index contributed by atoms with van der Waals surface area (Å²) in [7, 11) is 1.26. The molecule has 0 amide bonds. The van der Waals surface area contributed by atoms with Crippen LogP contribution in [0.15, 0.2) is 36.4 Å². The summed E-state index contributed by atoms with van der Waals surface area (Å²) in [5, 5.41) is 0.381. The second-order valence-corrected chi connectivity index (χ2v) is 4.68. The molecule has 6 heteroatoms. The van der Waals surface area contributed by atoms with E-state index < -0.39 is 11.8 Å². The molecule has 2 aromatic rings. The van der Waals surface area contributed by atoms with Gasteiger partial charge in [0.05, 0.1) is 7.11 Å². The first-order valence-corrected chi connectivity index (χ1v) is 6.43. The van der Waals surface area contributed by atoms with Crippen molar-refractivity contribution in [3.05, 3.63) is 58.4 Å². The fourth-order valence-electron chi connectivity index (χ4n) is 1.75. The average Bonchev–Trinajstić information content (AvgIpc) is 2.48. The first-order valence-electron chi connectivity index (χ1n) is 6.06.